The molecule has 0 spiro atoms. The Hall–Kier alpha value is -2.55. The fourth-order valence-corrected chi connectivity index (χ4v) is 1.96. The maximum atomic E-state index is 11.9. The number of ether oxygens (including phenoxy) is 1. The third-order valence-corrected chi connectivity index (χ3v) is 3.20. The van der Waals surface area contributed by atoms with E-state index in [9.17, 15) is 4.79 Å². The van der Waals surface area contributed by atoms with Crippen LogP contribution in [0.3, 0.4) is 0 Å². The summed E-state index contributed by atoms with van der Waals surface area (Å²) in [6, 6.07) is 17.5. The van der Waals surface area contributed by atoms with Gasteiger partial charge < -0.3 is 10.1 Å². The highest BCUT2D eigenvalue weighted by molar-refractivity contribution is 5.94. The zero-order chi connectivity index (χ0) is 15.1. The molecule has 108 valence electrons. The first kappa shape index (κ1) is 14.9. The van der Waals surface area contributed by atoms with E-state index in [0.29, 0.717) is 6.54 Å². The van der Waals surface area contributed by atoms with Crippen LogP contribution in [-0.4, -0.2) is 13.0 Å². The monoisotopic (exact) mass is 281 g/mol. The van der Waals surface area contributed by atoms with Crippen LogP contribution in [-0.2, 0) is 11.3 Å². The molecule has 1 N–H and O–H groups in total. The number of hydrogen-bond acceptors (Lipinski definition) is 2. The average Bonchev–Trinajstić information content (AvgIpc) is 2.54. The lowest BCUT2D eigenvalue weighted by Crippen LogP contribution is -2.20. The van der Waals surface area contributed by atoms with Crippen molar-refractivity contribution in [2.45, 2.75) is 13.5 Å². The molecular weight excluding hydrogens is 262 g/mol. The van der Waals surface area contributed by atoms with E-state index in [1.807, 2.05) is 61.5 Å². The molecule has 0 unspecified atom stereocenters. The summed E-state index contributed by atoms with van der Waals surface area (Å²) in [6.45, 7) is 2.43. The molecule has 3 nitrogen and oxygen atoms in total. The van der Waals surface area contributed by atoms with Gasteiger partial charge in [0.05, 0.1) is 7.11 Å². The van der Waals surface area contributed by atoms with Gasteiger partial charge in [0, 0.05) is 12.6 Å². The number of methoxy groups -OCH3 is 1. The van der Waals surface area contributed by atoms with E-state index < -0.39 is 0 Å². The summed E-state index contributed by atoms with van der Waals surface area (Å²) < 4.78 is 5.10. The molecule has 0 heterocycles. The zero-order valence-electron chi connectivity index (χ0n) is 12.3. The topological polar surface area (TPSA) is 38.3 Å². The van der Waals surface area contributed by atoms with Crippen LogP contribution < -0.4 is 10.1 Å². The van der Waals surface area contributed by atoms with E-state index in [1.165, 1.54) is 0 Å². The van der Waals surface area contributed by atoms with E-state index in [4.69, 9.17) is 4.74 Å². The van der Waals surface area contributed by atoms with Crippen molar-refractivity contribution in [3.05, 3.63) is 71.8 Å². The quantitative estimate of drug-likeness (QED) is 0.853. The average molecular weight is 281 g/mol. The van der Waals surface area contributed by atoms with Crippen molar-refractivity contribution in [2.24, 2.45) is 0 Å². The smallest absolute Gasteiger partial charge is 0.244 e. The third kappa shape index (κ3) is 4.49. The van der Waals surface area contributed by atoms with Gasteiger partial charge in [-0.25, -0.2) is 0 Å². The van der Waals surface area contributed by atoms with Crippen molar-refractivity contribution < 1.29 is 9.53 Å². The van der Waals surface area contributed by atoms with Crippen LogP contribution in [0, 0.1) is 0 Å². The Morgan fingerprint density at radius 3 is 2.38 bits per heavy atom. The molecule has 0 saturated carbocycles. The lowest BCUT2D eigenvalue weighted by molar-refractivity contribution is -0.116. The Balaban J connectivity index is 1.92. The first-order valence-electron chi connectivity index (χ1n) is 6.83. The van der Waals surface area contributed by atoms with Gasteiger partial charge in [-0.05, 0) is 35.8 Å². The van der Waals surface area contributed by atoms with Crippen LogP contribution in [0.4, 0.5) is 0 Å². The summed E-state index contributed by atoms with van der Waals surface area (Å²) in [5, 5.41) is 2.88. The second kappa shape index (κ2) is 7.29. The number of benzene rings is 2. The number of nitrogens with one attached hydrogen (secondary N) is 1. The first-order valence-corrected chi connectivity index (χ1v) is 6.83. The molecule has 21 heavy (non-hydrogen) atoms. The van der Waals surface area contributed by atoms with Crippen molar-refractivity contribution >= 4 is 11.5 Å². The molecule has 2 aromatic rings. The molecule has 0 bridgehead atoms. The van der Waals surface area contributed by atoms with Gasteiger partial charge in [-0.3, -0.25) is 4.79 Å². The minimum Gasteiger partial charge on any atom is -0.497 e. The van der Waals surface area contributed by atoms with Crippen LogP contribution in [0.1, 0.15) is 18.1 Å². The Morgan fingerprint density at radius 1 is 1.10 bits per heavy atom. The van der Waals surface area contributed by atoms with Crippen LogP contribution in [0.2, 0.25) is 0 Å². The van der Waals surface area contributed by atoms with Crippen molar-refractivity contribution in [2.75, 3.05) is 7.11 Å². The van der Waals surface area contributed by atoms with E-state index >= 15 is 0 Å². The minimum atomic E-state index is -0.0906. The Bertz CT molecular complexity index is 615. The van der Waals surface area contributed by atoms with Gasteiger partial charge in [-0.2, -0.15) is 0 Å². The largest absolute Gasteiger partial charge is 0.497 e. The predicted molar refractivity (Wildman–Crippen MR) is 84.9 cm³/mol. The van der Waals surface area contributed by atoms with E-state index in [1.54, 1.807) is 13.2 Å². The maximum absolute atomic E-state index is 11.9. The molecule has 1 amide bonds. The summed E-state index contributed by atoms with van der Waals surface area (Å²) in [5.41, 5.74) is 3.04. The highest BCUT2D eigenvalue weighted by Gasteiger charge is 2.01. The number of rotatable bonds is 5. The zero-order valence-corrected chi connectivity index (χ0v) is 12.3. The highest BCUT2D eigenvalue weighted by atomic mass is 16.5. The molecule has 0 aliphatic heterocycles. The number of amides is 1. The van der Waals surface area contributed by atoms with Crippen LogP contribution in [0.15, 0.2) is 60.7 Å². The van der Waals surface area contributed by atoms with Gasteiger partial charge in [-0.15, -0.1) is 0 Å². The summed E-state index contributed by atoms with van der Waals surface area (Å²) >= 11 is 0. The van der Waals surface area contributed by atoms with Crippen molar-refractivity contribution in [1.29, 1.82) is 0 Å². The molecule has 2 rings (SSSR count). The maximum Gasteiger partial charge on any atom is 0.244 e. The third-order valence-electron chi connectivity index (χ3n) is 3.20. The summed E-state index contributed by atoms with van der Waals surface area (Å²) in [4.78, 5) is 11.9. The van der Waals surface area contributed by atoms with Gasteiger partial charge in [0.25, 0.3) is 0 Å². The van der Waals surface area contributed by atoms with Gasteiger partial charge in [-0.1, -0.05) is 42.5 Å². The summed E-state index contributed by atoms with van der Waals surface area (Å²) in [5.74, 6) is 0.720. The lowest BCUT2D eigenvalue weighted by Gasteiger charge is -2.05. The first-order chi connectivity index (χ1) is 10.2. The fourth-order valence-electron chi connectivity index (χ4n) is 1.96. The number of allylic oxidation sites excluding steroid dienone is 1. The Kier molecular flexibility index (Phi) is 5.16. The normalized spacial score (nSPS) is 11.0. The van der Waals surface area contributed by atoms with Crippen molar-refractivity contribution in [3.63, 3.8) is 0 Å². The highest BCUT2D eigenvalue weighted by Crippen LogP contribution is 2.13. The second-order valence-corrected chi connectivity index (χ2v) is 4.76. The number of carbonyl (C=O) groups excluding carboxylic acids is 1. The van der Waals surface area contributed by atoms with E-state index in [0.717, 1.165) is 22.4 Å². The van der Waals surface area contributed by atoms with E-state index in [2.05, 4.69) is 5.32 Å². The van der Waals surface area contributed by atoms with Gasteiger partial charge >= 0.3 is 0 Å². The molecule has 0 saturated heterocycles. The second-order valence-electron chi connectivity index (χ2n) is 4.76. The molecule has 3 heteroatoms. The predicted octanol–water partition coefficient (Wildman–Crippen LogP) is 3.41. The van der Waals surface area contributed by atoms with E-state index in [-0.39, 0.29) is 5.91 Å². The molecule has 0 aliphatic carbocycles. The Morgan fingerprint density at radius 2 is 1.76 bits per heavy atom. The molecule has 0 aromatic heterocycles. The molecule has 2 aromatic carbocycles. The number of hydrogen-bond donors (Lipinski definition) is 1. The molecule has 0 radical (unpaired) electrons. The van der Waals surface area contributed by atoms with Crippen molar-refractivity contribution in [3.8, 4) is 5.75 Å². The van der Waals surface area contributed by atoms with Gasteiger partial charge in [0.1, 0.15) is 5.75 Å². The molecular formula is C18H19NO2. The van der Waals surface area contributed by atoms with Crippen LogP contribution in [0.5, 0.6) is 5.75 Å². The Labute approximate surface area is 125 Å². The van der Waals surface area contributed by atoms with Gasteiger partial charge in [0.15, 0.2) is 0 Å². The molecule has 0 aliphatic rings. The standard InChI is InChI=1S/C18H19NO2/c1-14(16-6-4-3-5-7-16)12-18(20)19-13-15-8-10-17(21-2)11-9-15/h3-12H,13H2,1-2H3,(H,19,20)/b14-12+. The summed E-state index contributed by atoms with van der Waals surface area (Å²) in [6.07, 6.45) is 1.62. The fraction of sp³-hybridized carbons (Fsp3) is 0.167. The number of carbonyl (C=O) groups is 1. The van der Waals surface area contributed by atoms with Gasteiger partial charge in [0.2, 0.25) is 5.91 Å². The van der Waals surface area contributed by atoms with Crippen LogP contribution >= 0.6 is 0 Å². The molecule has 0 atom stereocenters. The minimum absolute atomic E-state index is 0.0906. The summed E-state index contributed by atoms with van der Waals surface area (Å²) in [7, 11) is 1.63. The van der Waals surface area contributed by atoms with Crippen molar-refractivity contribution in [1.82, 2.24) is 5.32 Å². The SMILES string of the molecule is COc1ccc(CNC(=O)/C=C(\C)c2ccccc2)cc1. The molecule has 0 fully saturated rings. The van der Waals surface area contributed by atoms with Crippen LogP contribution in [0.25, 0.3) is 5.57 Å². The lowest BCUT2D eigenvalue weighted by atomic mass is 10.1.